The normalized spacial score (nSPS) is 10.5. The molecule has 28 heavy (non-hydrogen) atoms. The lowest BCUT2D eigenvalue weighted by atomic mass is 10.1. The first-order valence-electron chi connectivity index (χ1n) is 8.65. The summed E-state index contributed by atoms with van der Waals surface area (Å²) in [7, 11) is 3.20. The van der Waals surface area contributed by atoms with Crippen molar-refractivity contribution in [2.24, 2.45) is 0 Å². The zero-order valence-electron chi connectivity index (χ0n) is 15.8. The summed E-state index contributed by atoms with van der Waals surface area (Å²) in [6, 6.07) is 14.8. The van der Waals surface area contributed by atoms with E-state index in [1.165, 1.54) is 11.8 Å². The first-order chi connectivity index (χ1) is 13.7. The fourth-order valence-electron chi connectivity index (χ4n) is 2.73. The number of carbonyl (C=O) groups excluding carboxylic acids is 1. The lowest BCUT2D eigenvalue weighted by Gasteiger charge is -2.10. The van der Waals surface area contributed by atoms with Gasteiger partial charge < -0.3 is 9.47 Å². The molecule has 0 atom stereocenters. The van der Waals surface area contributed by atoms with Gasteiger partial charge in [-0.15, -0.1) is 16.8 Å². The number of rotatable bonds is 9. The highest BCUT2D eigenvalue weighted by atomic mass is 32.2. The summed E-state index contributed by atoms with van der Waals surface area (Å²) in [5, 5.41) is 9.26. The fourth-order valence-corrected chi connectivity index (χ4v) is 3.57. The number of aromatic nitrogens is 3. The van der Waals surface area contributed by atoms with Gasteiger partial charge in [-0.05, 0) is 24.3 Å². The first-order valence-corrected chi connectivity index (χ1v) is 9.64. The van der Waals surface area contributed by atoms with Crippen LogP contribution in [0.25, 0.3) is 11.4 Å². The van der Waals surface area contributed by atoms with Crippen molar-refractivity contribution in [3.05, 3.63) is 66.7 Å². The van der Waals surface area contributed by atoms with Gasteiger partial charge in [-0.25, -0.2) is 0 Å². The van der Waals surface area contributed by atoms with Crippen LogP contribution in [0.2, 0.25) is 0 Å². The zero-order valence-corrected chi connectivity index (χ0v) is 16.6. The van der Waals surface area contributed by atoms with Crippen LogP contribution in [0, 0.1) is 0 Å². The molecule has 7 heteroatoms. The number of hydrogen-bond donors (Lipinski definition) is 0. The third-order valence-corrected chi connectivity index (χ3v) is 5.07. The van der Waals surface area contributed by atoms with Crippen molar-refractivity contribution in [3.8, 4) is 22.9 Å². The third kappa shape index (κ3) is 4.26. The SMILES string of the molecule is C=CCn1c(SCC(=O)c2cccc(OC)c2)nnc1-c1ccccc1OC. The molecule has 2 aromatic carbocycles. The van der Waals surface area contributed by atoms with Crippen molar-refractivity contribution < 1.29 is 14.3 Å². The number of ketones is 1. The highest BCUT2D eigenvalue weighted by Gasteiger charge is 2.18. The van der Waals surface area contributed by atoms with E-state index in [1.807, 2.05) is 34.9 Å². The molecule has 0 saturated heterocycles. The minimum Gasteiger partial charge on any atom is -0.497 e. The van der Waals surface area contributed by atoms with Gasteiger partial charge in [0, 0.05) is 12.1 Å². The van der Waals surface area contributed by atoms with E-state index in [1.54, 1.807) is 38.5 Å². The van der Waals surface area contributed by atoms with Crippen LogP contribution in [-0.2, 0) is 6.54 Å². The van der Waals surface area contributed by atoms with Crippen LogP contribution in [0.3, 0.4) is 0 Å². The van der Waals surface area contributed by atoms with E-state index >= 15 is 0 Å². The van der Waals surface area contributed by atoms with Gasteiger partial charge >= 0.3 is 0 Å². The molecule has 0 N–H and O–H groups in total. The zero-order chi connectivity index (χ0) is 19.9. The summed E-state index contributed by atoms with van der Waals surface area (Å²) >= 11 is 1.34. The summed E-state index contributed by atoms with van der Waals surface area (Å²) < 4.78 is 12.5. The van der Waals surface area contributed by atoms with Gasteiger partial charge in [0.05, 0.1) is 25.5 Å². The van der Waals surface area contributed by atoms with Crippen LogP contribution in [0.15, 0.2) is 66.3 Å². The molecule has 0 unspecified atom stereocenters. The maximum absolute atomic E-state index is 12.6. The molecule has 0 aliphatic heterocycles. The summed E-state index contributed by atoms with van der Waals surface area (Å²) in [4.78, 5) is 12.6. The molecule has 0 saturated carbocycles. The standard InChI is InChI=1S/C21H21N3O3S/c1-4-12-24-20(17-10-5-6-11-19(17)27-3)22-23-21(24)28-14-18(25)15-8-7-9-16(13-15)26-2/h4-11,13H,1,12,14H2,2-3H3. The molecule has 0 amide bonds. The van der Waals surface area contributed by atoms with Gasteiger partial charge in [-0.2, -0.15) is 0 Å². The van der Waals surface area contributed by atoms with Crippen LogP contribution in [0.5, 0.6) is 11.5 Å². The molecule has 1 aromatic heterocycles. The Balaban J connectivity index is 1.83. The molecule has 0 aliphatic carbocycles. The second kappa shape index (κ2) is 9.23. The highest BCUT2D eigenvalue weighted by Crippen LogP contribution is 2.31. The van der Waals surface area contributed by atoms with E-state index in [0.717, 1.165) is 5.56 Å². The quantitative estimate of drug-likeness (QED) is 0.308. The van der Waals surface area contributed by atoms with Gasteiger partial charge in [-0.3, -0.25) is 9.36 Å². The number of carbonyl (C=O) groups is 1. The third-order valence-electron chi connectivity index (χ3n) is 4.10. The lowest BCUT2D eigenvalue weighted by molar-refractivity contribution is 0.102. The van der Waals surface area contributed by atoms with Gasteiger partial charge in [0.2, 0.25) is 0 Å². The molecule has 6 nitrogen and oxygen atoms in total. The highest BCUT2D eigenvalue weighted by molar-refractivity contribution is 7.99. The van der Waals surface area contributed by atoms with E-state index in [9.17, 15) is 4.79 Å². The largest absolute Gasteiger partial charge is 0.497 e. The second-order valence-corrected chi connectivity index (χ2v) is 6.79. The molecule has 144 valence electrons. The molecule has 3 rings (SSSR count). The number of thioether (sulfide) groups is 1. The van der Waals surface area contributed by atoms with Crippen molar-refractivity contribution in [2.45, 2.75) is 11.7 Å². The van der Waals surface area contributed by atoms with Crippen LogP contribution in [-0.4, -0.2) is 40.5 Å². The average Bonchev–Trinajstić information content (AvgIpc) is 3.14. The Hall–Kier alpha value is -3.06. The van der Waals surface area contributed by atoms with Crippen molar-refractivity contribution in [3.63, 3.8) is 0 Å². The second-order valence-electron chi connectivity index (χ2n) is 5.85. The Morgan fingerprint density at radius 1 is 1.14 bits per heavy atom. The first kappa shape index (κ1) is 19.7. The number of benzene rings is 2. The predicted octanol–water partition coefficient (Wildman–Crippen LogP) is 4.12. The maximum atomic E-state index is 12.6. The summed E-state index contributed by atoms with van der Waals surface area (Å²) in [6.45, 7) is 4.34. The van der Waals surface area contributed by atoms with Crippen LogP contribution >= 0.6 is 11.8 Å². The molecule has 1 heterocycles. The molecular weight excluding hydrogens is 374 g/mol. The molecule has 3 aromatic rings. The summed E-state index contributed by atoms with van der Waals surface area (Å²) in [6.07, 6.45) is 1.77. The molecule has 0 bridgehead atoms. The number of Topliss-reactive ketones (excluding diaryl/α,β-unsaturated/α-hetero) is 1. The minimum atomic E-state index is -0.00380. The average molecular weight is 395 g/mol. The Morgan fingerprint density at radius 2 is 1.96 bits per heavy atom. The smallest absolute Gasteiger partial charge is 0.192 e. The lowest BCUT2D eigenvalue weighted by Crippen LogP contribution is -2.06. The molecular formula is C21H21N3O3S. The van der Waals surface area contributed by atoms with Crippen molar-refractivity contribution in [1.82, 2.24) is 14.8 Å². The van der Waals surface area contributed by atoms with Crippen LogP contribution in [0.4, 0.5) is 0 Å². The number of hydrogen-bond acceptors (Lipinski definition) is 6. The number of methoxy groups -OCH3 is 2. The monoisotopic (exact) mass is 395 g/mol. The molecule has 0 fully saturated rings. The summed E-state index contributed by atoms with van der Waals surface area (Å²) in [5.41, 5.74) is 1.44. The number of nitrogens with zero attached hydrogens (tertiary/aromatic N) is 3. The number of para-hydroxylation sites is 1. The van der Waals surface area contributed by atoms with Gasteiger partial charge in [0.15, 0.2) is 16.8 Å². The van der Waals surface area contributed by atoms with E-state index < -0.39 is 0 Å². The number of ether oxygens (including phenoxy) is 2. The molecule has 0 radical (unpaired) electrons. The Kier molecular flexibility index (Phi) is 6.49. The van der Waals surface area contributed by atoms with Crippen molar-refractivity contribution in [2.75, 3.05) is 20.0 Å². The Bertz CT molecular complexity index is 985. The number of allylic oxidation sites excluding steroid dienone is 1. The van der Waals surface area contributed by atoms with E-state index in [2.05, 4.69) is 16.8 Å². The van der Waals surface area contributed by atoms with Crippen LogP contribution < -0.4 is 9.47 Å². The Labute approximate surface area is 168 Å². The van der Waals surface area contributed by atoms with Crippen LogP contribution in [0.1, 0.15) is 10.4 Å². The maximum Gasteiger partial charge on any atom is 0.192 e. The van der Waals surface area contributed by atoms with Gasteiger partial charge in [0.25, 0.3) is 0 Å². The van der Waals surface area contributed by atoms with Crippen molar-refractivity contribution >= 4 is 17.5 Å². The fraction of sp³-hybridized carbons (Fsp3) is 0.190. The van der Waals surface area contributed by atoms with E-state index in [-0.39, 0.29) is 11.5 Å². The minimum absolute atomic E-state index is 0.00380. The topological polar surface area (TPSA) is 66.2 Å². The van der Waals surface area contributed by atoms with Gasteiger partial charge in [-0.1, -0.05) is 42.1 Å². The Morgan fingerprint density at radius 3 is 2.71 bits per heavy atom. The summed E-state index contributed by atoms with van der Waals surface area (Å²) in [5.74, 6) is 2.28. The molecule has 0 aliphatic rings. The van der Waals surface area contributed by atoms with Gasteiger partial charge in [0.1, 0.15) is 11.5 Å². The predicted molar refractivity (Wildman–Crippen MR) is 110 cm³/mol. The van der Waals surface area contributed by atoms with E-state index in [4.69, 9.17) is 9.47 Å². The molecule has 0 spiro atoms. The van der Waals surface area contributed by atoms with Crippen molar-refractivity contribution in [1.29, 1.82) is 0 Å². The van der Waals surface area contributed by atoms with E-state index in [0.29, 0.717) is 34.6 Å².